The molecule has 0 unspecified atom stereocenters. The molecule has 0 radical (unpaired) electrons. The molecular weight excluding hydrogens is 360 g/mol. The van der Waals surface area contributed by atoms with Gasteiger partial charge in [0.25, 0.3) is 0 Å². The number of hydrogen-bond donors (Lipinski definition) is 0. The second-order valence-corrected chi connectivity index (χ2v) is 7.10. The summed E-state index contributed by atoms with van der Waals surface area (Å²) in [5.74, 6) is 0. The highest BCUT2D eigenvalue weighted by Gasteiger charge is 2.33. The van der Waals surface area contributed by atoms with E-state index in [2.05, 4.69) is 0 Å². The third-order valence-corrected chi connectivity index (χ3v) is 4.53. The fourth-order valence-corrected chi connectivity index (χ4v) is 1.99. The average Bonchev–Trinajstić information content (AvgIpc) is 2.36. The zero-order valence-electron chi connectivity index (χ0n) is 12.9. The van der Waals surface area contributed by atoms with Crippen LogP contribution in [0.4, 0.5) is 18.9 Å². The lowest BCUT2D eigenvalue weighted by atomic mass is 10.0. The second kappa shape index (κ2) is 7.58. The highest BCUT2D eigenvalue weighted by Crippen LogP contribution is 2.33. The van der Waals surface area contributed by atoms with Gasteiger partial charge in [0, 0.05) is 12.5 Å². The Morgan fingerprint density at radius 3 is 2.14 bits per heavy atom. The largest absolute Gasteiger partial charge is 1.00 e. The maximum atomic E-state index is 12.8. The van der Waals surface area contributed by atoms with Crippen LogP contribution in [-0.2, 0) is 6.18 Å². The fraction of sp³-hybridized carbons (Fsp3) is 0.571. The van der Waals surface area contributed by atoms with E-state index in [0.717, 1.165) is 10.0 Å². The molecule has 22 heavy (non-hydrogen) atoms. The van der Waals surface area contributed by atoms with Crippen molar-refractivity contribution in [3.05, 3.63) is 29.8 Å². The molecule has 0 aliphatic heterocycles. The van der Waals surface area contributed by atoms with E-state index in [4.69, 9.17) is 23.6 Å². The van der Waals surface area contributed by atoms with Gasteiger partial charge in [-0.1, -0.05) is 6.07 Å². The number of benzene rings is 1. The normalized spacial score (nSPS) is 13.2. The fourth-order valence-electron chi connectivity index (χ4n) is 1.83. The molecule has 1 aromatic rings. The van der Waals surface area contributed by atoms with Crippen LogP contribution in [0.25, 0.3) is 0 Å². The molecule has 0 N–H and O–H groups in total. The first-order chi connectivity index (χ1) is 9.36. The first-order valence-corrected chi connectivity index (χ1v) is 7.16. The summed E-state index contributed by atoms with van der Waals surface area (Å²) >= 11 is 11.5. The maximum absolute atomic E-state index is 12.8. The lowest BCUT2D eigenvalue weighted by molar-refractivity contribution is -0.137. The molecule has 0 atom stereocenters. The Bertz CT molecular complexity index is 488. The van der Waals surface area contributed by atoms with E-state index >= 15 is 0 Å². The van der Waals surface area contributed by atoms with Crippen LogP contribution in [0, 0.1) is 0 Å². The van der Waals surface area contributed by atoms with E-state index in [1.807, 2.05) is 27.9 Å². The summed E-state index contributed by atoms with van der Waals surface area (Å²) in [5, 5.41) is 0. The molecule has 2 nitrogen and oxygen atoms in total. The van der Waals surface area contributed by atoms with Gasteiger partial charge in [-0.3, -0.25) is 4.48 Å². The van der Waals surface area contributed by atoms with Crippen molar-refractivity contribution in [2.45, 2.75) is 32.0 Å². The van der Waals surface area contributed by atoms with E-state index in [1.54, 1.807) is 6.07 Å². The highest BCUT2D eigenvalue weighted by molar-refractivity contribution is 6.34. The predicted molar refractivity (Wildman–Crippen MR) is 82.2 cm³/mol. The quantitative estimate of drug-likeness (QED) is 0.559. The molecule has 0 amide bonds. The highest BCUT2D eigenvalue weighted by atomic mass is 35.5. The van der Waals surface area contributed by atoms with E-state index in [0.29, 0.717) is 23.1 Å². The molecule has 8 heteroatoms. The third-order valence-electron chi connectivity index (χ3n) is 3.61. The minimum atomic E-state index is -4.33. The molecule has 1 aromatic carbocycles. The van der Waals surface area contributed by atoms with Gasteiger partial charge in [-0.05, 0) is 49.5 Å². The zero-order valence-corrected chi connectivity index (χ0v) is 15.2. The van der Waals surface area contributed by atoms with Crippen molar-refractivity contribution in [1.82, 2.24) is 8.42 Å². The van der Waals surface area contributed by atoms with Gasteiger partial charge in [0.05, 0.1) is 31.7 Å². The number of alkyl halides is 3. The smallest absolute Gasteiger partial charge is 0.416 e. The number of hydrogen-bond acceptors (Lipinski definition) is 1. The first-order valence-electron chi connectivity index (χ1n) is 6.49. The molecule has 1 rings (SSSR count). The maximum Gasteiger partial charge on any atom is 0.416 e. The summed E-state index contributed by atoms with van der Waals surface area (Å²) in [6, 6.07) is 5.39. The molecule has 0 aliphatic carbocycles. The third kappa shape index (κ3) is 5.78. The van der Waals surface area contributed by atoms with Crippen LogP contribution >= 0.6 is 23.6 Å². The lowest BCUT2D eigenvalue weighted by Gasteiger charge is -2.34. The molecule has 0 saturated heterocycles. The first kappa shape index (κ1) is 21.8. The molecule has 0 fully saturated rings. The van der Waals surface area contributed by atoms with Crippen LogP contribution in [0.5, 0.6) is 0 Å². The van der Waals surface area contributed by atoms with Gasteiger partial charge in [0.1, 0.15) is 5.69 Å². The summed E-state index contributed by atoms with van der Waals surface area (Å²) in [7, 11) is 3.72. The molecule has 128 valence electrons. The second-order valence-electron chi connectivity index (χ2n) is 6.25. The molecule has 0 heterocycles. The van der Waals surface area contributed by atoms with Crippen LogP contribution < -0.4 is 16.9 Å². The van der Waals surface area contributed by atoms with Crippen LogP contribution in [-0.4, -0.2) is 30.1 Å². The molecule has 0 aromatic heterocycles. The van der Waals surface area contributed by atoms with Crippen molar-refractivity contribution in [2.75, 3.05) is 20.6 Å². The van der Waals surface area contributed by atoms with Crippen LogP contribution in [0.2, 0.25) is 0 Å². The Kier molecular flexibility index (Phi) is 7.51. The van der Waals surface area contributed by atoms with Crippen molar-refractivity contribution < 1.29 is 25.6 Å². The predicted octanol–water partition coefficient (Wildman–Crippen LogP) is 2.05. The lowest BCUT2D eigenvalue weighted by Crippen LogP contribution is -3.00. The minimum Gasteiger partial charge on any atom is -1.00 e. The molecular formula is C14H20Cl3F3N2. The standard InChI is InChI=1S/C14H20Cl2F3N2.ClH/c1-13(2,20(15)16)8-9-21(3,4)12-7-5-6-11(10-12)14(17,18)19;/h5-7,10H,8-9H2,1-4H3;1H/q+1;/p-1. The number of quaternary nitrogens is 1. The van der Waals surface area contributed by atoms with Crippen molar-refractivity contribution in [1.29, 1.82) is 0 Å². The van der Waals surface area contributed by atoms with E-state index in [9.17, 15) is 13.2 Å². The Hall–Kier alpha value is -0.200. The topological polar surface area (TPSA) is 3.24 Å². The van der Waals surface area contributed by atoms with Crippen molar-refractivity contribution in [2.24, 2.45) is 0 Å². The summed E-state index contributed by atoms with van der Waals surface area (Å²) in [5.41, 5.74) is -0.501. The van der Waals surface area contributed by atoms with Gasteiger partial charge in [0.2, 0.25) is 0 Å². The van der Waals surface area contributed by atoms with E-state index in [-0.39, 0.29) is 12.4 Å². The Balaban J connectivity index is 0.00000441. The summed E-state index contributed by atoms with van der Waals surface area (Å²) in [6.07, 6.45) is -3.71. The number of halogens is 6. The average molecular weight is 380 g/mol. The Labute approximate surface area is 146 Å². The monoisotopic (exact) mass is 378 g/mol. The summed E-state index contributed by atoms with van der Waals surface area (Å²) < 4.78 is 39.8. The van der Waals surface area contributed by atoms with Gasteiger partial charge in [-0.2, -0.15) is 13.2 Å². The van der Waals surface area contributed by atoms with E-state index in [1.165, 1.54) is 12.1 Å². The minimum absolute atomic E-state index is 0. The Morgan fingerprint density at radius 2 is 1.68 bits per heavy atom. The SMILES string of the molecule is CC(C)(CC[N+](C)(C)c1cccc(C(F)(F)F)c1)N(Cl)Cl.[Cl-]. The molecule has 0 aliphatic rings. The van der Waals surface area contributed by atoms with E-state index < -0.39 is 17.3 Å². The van der Waals surface area contributed by atoms with Gasteiger partial charge in [-0.25, -0.2) is 0 Å². The number of rotatable bonds is 5. The molecule has 0 spiro atoms. The van der Waals surface area contributed by atoms with Gasteiger partial charge < -0.3 is 12.4 Å². The zero-order chi connectivity index (χ0) is 16.5. The van der Waals surface area contributed by atoms with Crippen molar-refractivity contribution >= 4 is 29.2 Å². The van der Waals surface area contributed by atoms with Crippen molar-refractivity contribution in [3.63, 3.8) is 0 Å². The van der Waals surface area contributed by atoms with Crippen LogP contribution in [0.15, 0.2) is 24.3 Å². The Morgan fingerprint density at radius 1 is 1.14 bits per heavy atom. The number of nitrogens with zero attached hydrogens (tertiary/aromatic N) is 2. The van der Waals surface area contributed by atoms with Crippen LogP contribution in [0.3, 0.4) is 0 Å². The summed E-state index contributed by atoms with van der Waals surface area (Å²) in [6.45, 7) is 4.35. The molecule has 0 bridgehead atoms. The van der Waals surface area contributed by atoms with Crippen LogP contribution in [0.1, 0.15) is 25.8 Å². The molecule has 0 saturated carbocycles. The van der Waals surface area contributed by atoms with Gasteiger partial charge in [0.15, 0.2) is 0 Å². The van der Waals surface area contributed by atoms with Gasteiger partial charge >= 0.3 is 6.18 Å². The van der Waals surface area contributed by atoms with Gasteiger partial charge in [-0.15, -0.1) is 3.94 Å². The summed E-state index contributed by atoms with van der Waals surface area (Å²) in [4.78, 5) is 0. The van der Waals surface area contributed by atoms with Crippen molar-refractivity contribution in [3.8, 4) is 0 Å².